The van der Waals surface area contributed by atoms with Crippen LogP contribution in [0.3, 0.4) is 0 Å². The van der Waals surface area contributed by atoms with Gasteiger partial charge in [0, 0.05) is 25.1 Å². The normalized spacial score (nSPS) is 22.1. The first-order valence-electron chi connectivity index (χ1n) is 6.80. The Hall–Kier alpha value is -1.79. The highest BCUT2D eigenvalue weighted by molar-refractivity contribution is 5.76. The van der Waals surface area contributed by atoms with Crippen LogP contribution in [-0.4, -0.2) is 56.0 Å². The highest BCUT2D eigenvalue weighted by atomic mass is 16.5. The summed E-state index contributed by atoms with van der Waals surface area (Å²) in [5.41, 5.74) is 0.903. The molecule has 1 aromatic carbocycles. The van der Waals surface area contributed by atoms with Crippen LogP contribution in [0.15, 0.2) is 18.2 Å². The van der Waals surface area contributed by atoms with E-state index in [1.54, 1.807) is 14.2 Å². The van der Waals surface area contributed by atoms with E-state index in [0.29, 0.717) is 31.0 Å². The lowest BCUT2D eigenvalue weighted by Crippen LogP contribution is -2.36. The molecule has 0 spiro atoms. The molecule has 2 atom stereocenters. The first-order chi connectivity index (χ1) is 10.1. The summed E-state index contributed by atoms with van der Waals surface area (Å²) >= 11 is 0. The number of nitrogens with zero attached hydrogens (tertiary/aromatic N) is 1. The van der Waals surface area contributed by atoms with E-state index < -0.39 is 12.1 Å². The van der Waals surface area contributed by atoms with Gasteiger partial charge in [-0.15, -0.1) is 0 Å². The number of benzene rings is 1. The molecule has 116 valence electrons. The fraction of sp³-hybridized carbons (Fsp3) is 0.533. The zero-order valence-electron chi connectivity index (χ0n) is 12.5. The first-order valence-corrected chi connectivity index (χ1v) is 6.80. The van der Waals surface area contributed by atoms with Crippen molar-refractivity contribution in [2.45, 2.75) is 25.1 Å². The summed E-state index contributed by atoms with van der Waals surface area (Å²) in [6.07, 6.45) is -0.135. The number of aliphatic hydroxyl groups is 1. The van der Waals surface area contributed by atoms with Gasteiger partial charge < -0.3 is 19.3 Å². The molecule has 2 unspecified atom stereocenters. The molecule has 1 fully saturated rings. The maximum Gasteiger partial charge on any atom is 0.323 e. The number of methoxy groups -OCH3 is 3. The zero-order chi connectivity index (χ0) is 15.4. The van der Waals surface area contributed by atoms with Crippen molar-refractivity contribution in [1.29, 1.82) is 0 Å². The maximum absolute atomic E-state index is 11.8. The minimum atomic E-state index is -0.522. The van der Waals surface area contributed by atoms with Crippen LogP contribution in [0.4, 0.5) is 0 Å². The molecule has 21 heavy (non-hydrogen) atoms. The number of hydrogen-bond acceptors (Lipinski definition) is 6. The SMILES string of the molecule is COC(=O)C1CC(O)CN1Cc1cccc(OC)c1OC. The van der Waals surface area contributed by atoms with Crippen molar-refractivity contribution in [2.75, 3.05) is 27.9 Å². The number of carbonyl (C=O) groups is 1. The van der Waals surface area contributed by atoms with Gasteiger partial charge in [-0.3, -0.25) is 9.69 Å². The second-order valence-electron chi connectivity index (χ2n) is 5.01. The van der Waals surface area contributed by atoms with E-state index in [-0.39, 0.29) is 5.97 Å². The second kappa shape index (κ2) is 6.78. The molecule has 1 heterocycles. The topological polar surface area (TPSA) is 68.2 Å². The lowest BCUT2D eigenvalue weighted by molar-refractivity contribution is -0.146. The standard InChI is InChI=1S/C15H21NO5/c1-19-13-6-4-5-10(14(13)20-2)8-16-9-11(17)7-12(16)15(18)21-3/h4-6,11-12,17H,7-9H2,1-3H3. The van der Waals surface area contributed by atoms with Crippen LogP contribution in [0.1, 0.15) is 12.0 Å². The van der Waals surface area contributed by atoms with Gasteiger partial charge in [-0.25, -0.2) is 0 Å². The molecule has 0 aliphatic carbocycles. The summed E-state index contributed by atoms with van der Waals surface area (Å²) in [5, 5.41) is 9.81. The Morgan fingerprint density at radius 1 is 1.33 bits per heavy atom. The van der Waals surface area contributed by atoms with E-state index in [1.165, 1.54) is 7.11 Å². The fourth-order valence-corrected chi connectivity index (χ4v) is 2.73. The van der Waals surface area contributed by atoms with Gasteiger partial charge in [0.15, 0.2) is 11.5 Å². The van der Waals surface area contributed by atoms with E-state index >= 15 is 0 Å². The van der Waals surface area contributed by atoms with Gasteiger partial charge >= 0.3 is 5.97 Å². The van der Waals surface area contributed by atoms with Crippen LogP contribution in [0.5, 0.6) is 11.5 Å². The van der Waals surface area contributed by atoms with Gasteiger partial charge in [0.05, 0.1) is 27.4 Å². The highest BCUT2D eigenvalue weighted by Gasteiger charge is 2.37. The molecule has 1 N–H and O–H groups in total. The lowest BCUT2D eigenvalue weighted by atomic mass is 10.1. The third-order valence-electron chi connectivity index (χ3n) is 3.71. The van der Waals surface area contributed by atoms with Crippen LogP contribution in [0, 0.1) is 0 Å². The monoisotopic (exact) mass is 295 g/mol. The highest BCUT2D eigenvalue weighted by Crippen LogP contribution is 2.33. The van der Waals surface area contributed by atoms with Crippen molar-refractivity contribution >= 4 is 5.97 Å². The zero-order valence-corrected chi connectivity index (χ0v) is 12.5. The van der Waals surface area contributed by atoms with Crippen LogP contribution in [0.25, 0.3) is 0 Å². The van der Waals surface area contributed by atoms with Crippen molar-refractivity contribution in [3.8, 4) is 11.5 Å². The molecule has 0 aromatic heterocycles. The van der Waals surface area contributed by atoms with Gasteiger partial charge in [-0.05, 0) is 6.07 Å². The summed E-state index contributed by atoms with van der Waals surface area (Å²) in [6, 6.07) is 5.18. The van der Waals surface area contributed by atoms with Crippen molar-refractivity contribution in [3.63, 3.8) is 0 Å². The van der Waals surface area contributed by atoms with E-state index in [2.05, 4.69) is 0 Å². The van der Waals surface area contributed by atoms with Gasteiger partial charge in [-0.2, -0.15) is 0 Å². The average molecular weight is 295 g/mol. The van der Waals surface area contributed by atoms with Crippen molar-refractivity contribution in [1.82, 2.24) is 4.90 Å². The number of β-amino-alcohol motifs (C(OH)–C–C–N with tert-alkyl or cyclic N) is 1. The molecule has 0 bridgehead atoms. The Kier molecular flexibility index (Phi) is 5.03. The quantitative estimate of drug-likeness (QED) is 0.811. The van der Waals surface area contributed by atoms with Crippen molar-refractivity contribution in [2.24, 2.45) is 0 Å². The number of likely N-dealkylation sites (tertiary alicyclic amines) is 1. The summed E-state index contributed by atoms with van der Waals surface area (Å²) in [6.45, 7) is 0.914. The van der Waals surface area contributed by atoms with Gasteiger partial charge in [0.1, 0.15) is 6.04 Å². The van der Waals surface area contributed by atoms with Crippen LogP contribution < -0.4 is 9.47 Å². The van der Waals surface area contributed by atoms with Crippen molar-refractivity contribution < 1.29 is 24.1 Å². The number of hydrogen-bond donors (Lipinski definition) is 1. The molecule has 1 aliphatic rings. The second-order valence-corrected chi connectivity index (χ2v) is 5.01. The average Bonchev–Trinajstić information content (AvgIpc) is 2.86. The third kappa shape index (κ3) is 3.28. The molecule has 0 amide bonds. The largest absolute Gasteiger partial charge is 0.493 e. The molecule has 1 aliphatic heterocycles. The molecular formula is C15H21NO5. The third-order valence-corrected chi connectivity index (χ3v) is 3.71. The van der Waals surface area contributed by atoms with E-state index in [9.17, 15) is 9.90 Å². The number of para-hydroxylation sites is 1. The Bertz CT molecular complexity index is 505. The summed E-state index contributed by atoms with van der Waals surface area (Å²) in [7, 11) is 4.52. The number of ether oxygens (including phenoxy) is 3. The Morgan fingerprint density at radius 3 is 2.71 bits per heavy atom. The van der Waals surface area contributed by atoms with Crippen LogP contribution in [0.2, 0.25) is 0 Å². The van der Waals surface area contributed by atoms with E-state index in [0.717, 1.165) is 5.56 Å². The van der Waals surface area contributed by atoms with E-state index in [4.69, 9.17) is 14.2 Å². The Morgan fingerprint density at radius 2 is 2.10 bits per heavy atom. The molecular weight excluding hydrogens is 274 g/mol. The van der Waals surface area contributed by atoms with Gasteiger partial charge in [-0.1, -0.05) is 12.1 Å². The maximum atomic E-state index is 11.8. The molecule has 0 saturated carbocycles. The number of rotatable bonds is 5. The summed E-state index contributed by atoms with van der Waals surface area (Å²) < 4.78 is 15.5. The van der Waals surface area contributed by atoms with Crippen molar-refractivity contribution in [3.05, 3.63) is 23.8 Å². The van der Waals surface area contributed by atoms with E-state index in [1.807, 2.05) is 23.1 Å². The molecule has 0 radical (unpaired) electrons. The fourth-order valence-electron chi connectivity index (χ4n) is 2.73. The smallest absolute Gasteiger partial charge is 0.323 e. The number of esters is 1. The summed E-state index contributed by atoms with van der Waals surface area (Å²) in [4.78, 5) is 13.7. The van der Waals surface area contributed by atoms with Gasteiger partial charge in [0.2, 0.25) is 0 Å². The minimum Gasteiger partial charge on any atom is -0.493 e. The van der Waals surface area contributed by atoms with Crippen LogP contribution >= 0.6 is 0 Å². The minimum absolute atomic E-state index is 0.326. The molecule has 1 aromatic rings. The lowest BCUT2D eigenvalue weighted by Gasteiger charge is -2.23. The Balaban J connectivity index is 2.22. The molecule has 2 rings (SSSR count). The van der Waals surface area contributed by atoms with Crippen LogP contribution in [-0.2, 0) is 16.1 Å². The number of aliphatic hydroxyl groups excluding tert-OH is 1. The Labute approximate surface area is 124 Å². The predicted octanol–water partition coefficient (Wildman–Crippen LogP) is 0.812. The molecule has 6 nitrogen and oxygen atoms in total. The molecule has 1 saturated heterocycles. The summed E-state index contributed by atoms with van der Waals surface area (Å²) in [5.74, 6) is 0.961. The number of carbonyl (C=O) groups excluding carboxylic acids is 1. The first kappa shape index (κ1) is 15.6. The predicted molar refractivity (Wildman–Crippen MR) is 76.4 cm³/mol. The molecule has 6 heteroatoms. The van der Waals surface area contributed by atoms with Gasteiger partial charge in [0.25, 0.3) is 0 Å².